The van der Waals surface area contributed by atoms with E-state index in [1.807, 2.05) is 0 Å². The average Bonchev–Trinajstić information content (AvgIpc) is 2.60. The summed E-state index contributed by atoms with van der Waals surface area (Å²) in [5.41, 5.74) is 0.321. The first kappa shape index (κ1) is 10.6. The van der Waals surface area contributed by atoms with Crippen LogP contribution in [0.15, 0.2) is 22.6 Å². The van der Waals surface area contributed by atoms with Gasteiger partial charge < -0.3 is 4.42 Å². The quantitative estimate of drug-likeness (QED) is 0.622. The monoisotopic (exact) mass is 290 g/mol. The van der Waals surface area contributed by atoms with Gasteiger partial charge in [0.2, 0.25) is 5.78 Å². The molecule has 0 saturated carbocycles. The summed E-state index contributed by atoms with van der Waals surface area (Å²) in [6.45, 7) is 0. The van der Waals surface area contributed by atoms with Crippen LogP contribution < -0.4 is 0 Å². The Morgan fingerprint density at radius 2 is 2.20 bits per heavy atom. The van der Waals surface area contributed by atoms with Gasteiger partial charge in [0.1, 0.15) is 11.4 Å². The third-order valence-electron chi connectivity index (χ3n) is 1.96. The van der Waals surface area contributed by atoms with Crippen molar-refractivity contribution in [1.29, 1.82) is 0 Å². The van der Waals surface area contributed by atoms with Crippen LogP contribution in [-0.4, -0.2) is 11.1 Å². The van der Waals surface area contributed by atoms with Crippen LogP contribution in [0.25, 0.3) is 11.0 Å². The number of fused-ring (bicyclic) bond motifs is 1. The molecule has 1 aromatic heterocycles. The van der Waals surface area contributed by atoms with Gasteiger partial charge in [-0.15, -0.1) is 0 Å². The molecule has 0 amide bonds. The van der Waals surface area contributed by atoms with Crippen molar-refractivity contribution in [2.45, 2.75) is 0 Å². The summed E-state index contributed by atoms with van der Waals surface area (Å²) in [4.78, 5) is 11.3. The zero-order chi connectivity index (χ0) is 11.0. The highest BCUT2D eigenvalue weighted by molar-refractivity contribution is 9.09. The number of carbonyl (C=O) groups excluding carboxylic acids is 1. The molecule has 0 bridgehead atoms. The first-order valence-corrected chi connectivity index (χ1v) is 5.59. The minimum Gasteiger partial charge on any atom is -0.453 e. The molecule has 2 aromatic rings. The molecule has 0 fully saturated rings. The van der Waals surface area contributed by atoms with Crippen LogP contribution in [0.5, 0.6) is 0 Å². The third-order valence-corrected chi connectivity index (χ3v) is 2.75. The van der Waals surface area contributed by atoms with Crippen LogP contribution in [0.1, 0.15) is 10.6 Å². The molecule has 0 aliphatic carbocycles. The average molecular weight is 292 g/mol. The van der Waals surface area contributed by atoms with Gasteiger partial charge in [-0.3, -0.25) is 4.79 Å². The Balaban J connectivity index is 2.61. The van der Waals surface area contributed by atoms with Crippen molar-refractivity contribution in [3.8, 4) is 0 Å². The van der Waals surface area contributed by atoms with Gasteiger partial charge in [-0.2, -0.15) is 0 Å². The van der Waals surface area contributed by atoms with E-state index in [-0.39, 0.29) is 21.9 Å². The van der Waals surface area contributed by atoms with Crippen molar-refractivity contribution < 1.29 is 13.6 Å². The Kier molecular flexibility index (Phi) is 2.80. The summed E-state index contributed by atoms with van der Waals surface area (Å²) in [6, 6.07) is 4.15. The van der Waals surface area contributed by atoms with Crippen molar-refractivity contribution in [3.63, 3.8) is 0 Å². The van der Waals surface area contributed by atoms with E-state index in [1.54, 1.807) is 6.07 Å². The molecular formula is C10H5BrClFO2. The van der Waals surface area contributed by atoms with E-state index < -0.39 is 5.82 Å². The molecule has 0 aliphatic rings. The highest BCUT2D eigenvalue weighted by atomic mass is 79.9. The van der Waals surface area contributed by atoms with Gasteiger partial charge in [-0.25, -0.2) is 4.39 Å². The van der Waals surface area contributed by atoms with E-state index in [2.05, 4.69) is 15.9 Å². The Hall–Kier alpha value is -0.870. The molecule has 15 heavy (non-hydrogen) atoms. The standard InChI is InChI=1S/C10H5BrClFO2/c11-4-8(14)10-2-5-1-6(12)7(13)3-9(5)15-10/h1-3H,4H2. The molecule has 0 unspecified atom stereocenters. The number of alkyl halides is 1. The van der Waals surface area contributed by atoms with Crippen molar-refractivity contribution in [3.05, 3.63) is 34.8 Å². The summed E-state index contributed by atoms with van der Waals surface area (Å²) in [7, 11) is 0. The summed E-state index contributed by atoms with van der Waals surface area (Å²) in [5.74, 6) is -0.553. The maximum atomic E-state index is 13.1. The number of hydrogen-bond acceptors (Lipinski definition) is 2. The van der Waals surface area contributed by atoms with E-state index in [1.165, 1.54) is 12.1 Å². The first-order chi connectivity index (χ1) is 7.11. The zero-order valence-electron chi connectivity index (χ0n) is 7.39. The van der Waals surface area contributed by atoms with Gasteiger partial charge >= 0.3 is 0 Å². The molecule has 1 aromatic carbocycles. The normalized spacial score (nSPS) is 10.9. The van der Waals surface area contributed by atoms with Gasteiger partial charge in [0, 0.05) is 11.5 Å². The molecule has 0 spiro atoms. The fourth-order valence-electron chi connectivity index (χ4n) is 1.24. The number of ketones is 1. The van der Waals surface area contributed by atoms with Crippen LogP contribution in [0, 0.1) is 5.82 Å². The molecular weight excluding hydrogens is 286 g/mol. The number of hydrogen-bond donors (Lipinski definition) is 0. The Morgan fingerprint density at radius 3 is 2.87 bits per heavy atom. The lowest BCUT2D eigenvalue weighted by Gasteiger charge is -1.92. The summed E-state index contributed by atoms with van der Waals surface area (Å²) < 4.78 is 18.2. The minimum absolute atomic E-state index is 0.0149. The molecule has 0 atom stereocenters. The van der Waals surface area contributed by atoms with Gasteiger partial charge in [-0.1, -0.05) is 27.5 Å². The minimum atomic E-state index is -0.559. The van der Waals surface area contributed by atoms with Gasteiger partial charge in [0.25, 0.3) is 0 Å². The second-order valence-corrected chi connectivity index (χ2v) is 3.94. The predicted molar refractivity (Wildman–Crippen MR) is 59.3 cm³/mol. The molecule has 5 heteroatoms. The van der Waals surface area contributed by atoms with E-state index in [0.717, 1.165) is 0 Å². The number of benzene rings is 1. The van der Waals surface area contributed by atoms with Crippen molar-refractivity contribution in [2.75, 3.05) is 5.33 Å². The first-order valence-electron chi connectivity index (χ1n) is 4.09. The topological polar surface area (TPSA) is 30.2 Å². The molecule has 0 N–H and O–H groups in total. The SMILES string of the molecule is O=C(CBr)c1cc2cc(Cl)c(F)cc2o1. The van der Waals surface area contributed by atoms with E-state index in [4.69, 9.17) is 16.0 Å². The Morgan fingerprint density at radius 1 is 1.47 bits per heavy atom. The Labute approximate surface area is 98.1 Å². The summed E-state index contributed by atoms with van der Waals surface area (Å²) in [6.07, 6.45) is 0. The zero-order valence-corrected chi connectivity index (χ0v) is 9.73. The fraction of sp³-hybridized carbons (Fsp3) is 0.100. The van der Waals surface area contributed by atoms with Gasteiger partial charge in [-0.05, 0) is 12.1 Å². The van der Waals surface area contributed by atoms with Gasteiger partial charge in [0.05, 0.1) is 10.4 Å². The van der Waals surface area contributed by atoms with Crippen LogP contribution in [-0.2, 0) is 0 Å². The second kappa shape index (κ2) is 3.94. The largest absolute Gasteiger partial charge is 0.453 e. The molecule has 0 radical (unpaired) electrons. The molecule has 0 aliphatic heterocycles. The van der Waals surface area contributed by atoms with Crippen molar-refractivity contribution in [1.82, 2.24) is 0 Å². The number of carbonyl (C=O) groups is 1. The van der Waals surface area contributed by atoms with Crippen molar-refractivity contribution >= 4 is 44.3 Å². The van der Waals surface area contributed by atoms with Crippen LogP contribution in [0.3, 0.4) is 0 Å². The smallest absolute Gasteiger partial charge is 0.208 e. The summed E-state index contributed by atoms with van der Waals surface area (Å²) in [5, 5.41) is 0.801. The highest BCUT2D eigenvalue weighted by Crippen LogP contribution is 2.26. The molecule has 2 rings (SSSR count). The summed E-state index contributed by atoms with van der Waals surface area (Å²) >= 11 is 8.63. The van der Waals surface area contributed by atoms with E-state index in [9.17, 15) is 9.18 Å². The second-order valence-electron chi connectivity index (χ2n) is 2.97. The number of Topliss-reactive ketones (excluding diaryl/α,β-unsaturated/α-hetero) is 1. The Bertz CT molecular complexity index is 496. The number of halogens is 3. The van der Waals surface area contributed by atoms with Gasteiger partial charge in [0.15, 0.2) is 5.76 Å². The van der Waals surface area contributed by atoms with Crippen LogP contribution in [0.4, 0.5) is 4.39 Å². The maximum Gasteiger partial charge on any atom is 0.208 e. The fourth-order valence-corrected chi connectivity index (χ4v) is 1.69. The lowest BCUT2D eigenvalue weighted by Crippen LogP contribution is -1.96. The maximum absolute atomic E-state index is 13.1. The van der Waals surface area contributed by atoms with Crippen LogP contribution in [0.2, 0.25) is 5.02 Å². The number of rotatable bonds is 2. The van der Waals surface area contributed by atoms with E-state index >= 15 is 0 Å². The highest BCUT2D eigenvalue weighted by Gasteiger charge is 2.12. The lowest BCUT2D eigenvalue weighted by molar-refractivity contribution is 0.0995. The number of furan rings is 1. The predicted octanol–water partition coefficient (Wildman–Crippen LogP) is 3.80. The lowest BCUT2D eigenvalue weighted by atomic mass is 10.2. The third kappa shape index (κ3) is 1.92. The molecule has 78 valence electrons. The molecule has 1 heterocycles. The molecule has 0 saturated heterocycles. The van der Waals surface area contributed by atoms with Crippen LogP contribution >= 0.6 is 27.5 Å². The van der Waals surface area contributed by atoms with E-state index in [0.29, 0.717) is 11.0 Å². The van der Waals surface area contributed by atoms with Crippen molar-refractivity contribution in [2.24, 2.45) is 0 Å². The molecule has 2 nitrogen and oxygen atoms in total.